The number of hydrogen-bond donors (Lipinski definition) is 1. The van der Waals surface area contributed by atoms with Gasteiger partial charge >= 0.3 is 12.1 Å². The van der Waals surface area contributed by atoms with E-state index in [4.69, 9.17) is 0 Å². The molecule has 0 aromatic carbocycles. The van der Waals surface area contributed by atoms with Crippen molar-refractivity contribution in [2.75, 3.05) is 13.7 Å². The molecular formula is C10H18F3NO3. The standard InChI is InChI=1S/C10H18F3NO3/c1-6(2)14-8(9(15)16-4)5-17-7(3)10(11,12)13/h6-8,14H,5H2,1-4H3. The van der Waals surface area contributed by atoms with Crippen LogP contribution in [-0.4, -0.2) is 44.0 Å². The predicted octanol–water partition coefficient (Wildman–Crippen LogP) is 1.49. The Morgan fingerprint density at radius 1 is 1.29 bits per heavy atom. The topological polar surface area (TPSA) is 47.6 Å². The lowest BCUT2D eigenvalue weighted by atomic mass is 10.2. The second-order valence-corrected chi connectivity index (χ2v) is 3.91. The molecule has 0 aliphatic rings. The first-order valence-corrected chi connectivity index (χ1v) is 5.20. The van der Waals surface area contributed by atoms with E-state index in [9.17, 15) is 18.0 Å². The van der Waals surface area contributed by atoms with Crippen LogP contribution in [0.15, 0.2) is 0 Å². The van der Waals surface area contributed by atoms with Crippen molar-refractivity contribution >= 4 is 5.97 Å². The number of carbonyl (C=O) groups excluding carboxylic acids is 1. The molecule has 7 heteroatoms. The van der Waals surface area contributed by atoms with Crippen LogP contribution in [0.4, 0.5) is 13.2 Å². The van der Waals surface area contributed by atoms with E-state index in [-0.39, 0.29) is 12.6 Å². The number of halogens is 3. The van der Waals surface area contributed by atoms with Crippen molar-refractivity contribution in [2.45, 2.75) is 45.1 Å². The van der Waals surface area contributed by atoms with Crippen LogP contribution >= 0.6 is 0 Å². The molecule has 0 radical (unpaired) electrons. The Hall–Kier alpha value is -0.820. The van der Waals surface area contributed by atoms with Crippen molar-refractivity contribution in [3.63, 3.8) is 0 Å². The van der Waals surface area contributed by atoms with Gasteiger partial charge in [-0.1, -0.05) is 13.8 Å². The van der Waals surface area contributed by atoms with Gasteiger partial charge in [0, 0.05) is 6.04 Å². The molecule has 0 fully saturated rings. The third kappa shape index (κ3) is 6.48. The smallest absolute Gasteiger partial charge is 0.414 e. The van der Waals surface area contributed by atoms with Crippen LogP contribution in [0.25, 0.3) is 0 Å². The molecule has 0 aliphatic carbocycles. The average molecular weight is 257 g/mol. The van der Waals surface area contributed by atoms with Gasteiger partial charge in [0.25, 0.3) is 0 Å². The van der Waals surface area contributed by atoms with Crippen LogP contribution in [0.3, 0.4) is 0 Å². The first-order chi connectivity index (χ1) is 7.68. The molecule has 0 aromatic heterocycles. The molecule has 102 valence electrons. The van der Waals surface area contributed by atoms with E-state index in [1.807, 2.05) is 0 Å². The third-order valence-corrected chi connectivity index (χ3v) is 1.99. The molecule has 1 N–H and O–H groups in total. The summed E-state index contributed by atoms with van der Waals surface area (Å²) >= 11 is 0. The summed E-state index contributed by atoms with van der Waals surface area (Å²) in [6.07, 6.45) is -6.35. The summed E-state index contributed by atoms with van der Waals surface area (Å²) in [5.41, 5.74) is 0. The SMILES string of the molecule is COC(=O)C(COC(C)C(F)(F)F)NC(C)C. The highest BCUT2D eigenvalue weighted by Gasteiger charge is 2.37. The van der Waals surface area contributed by atoms with E-state index >= 15 is 0 Å². The highest BCUT2D eigenvalue weighted by atomic mass is 19.4. The molecule has 0 aromatic rings. The minimum atomic E-state index is -4.43. The van der Waals surface area contributed by atoms with Crippen molar-refractivity contribution in [2.24, 2.45) is 0 Å². The van der Waals surface area contributed by atoms with Crippen LogP contribution < -0.4 is 5.32 Å². The molecule has 0 spiro atoms. The normalized spacial score (nSPS) is 15.8. The van der Waals surface area contributed by atoms with E-state index in [0.717, 1.165) is 6.92 Å². The second kappa shape index (κ2) is 6.80. The Balaban J connectivity index is 4.31. The van der Waals surface area contributed by atoms with Gasteiger partial charge in [-0.3, -0.25) is 4.79 Å². The maximum Gasteiger partial charge on any atom is 0.414 e. The number of esters is 1. The maximum absolute atomic E-state index is 12.2. The van der Waals surface area contributed by atoms with Crippen molar-refractivity contribution < 1.29 is 27.4 Å². The quantitative estimate of drug-likeness (QED) is 0.732. The fourth-order valence-corrected chi connectivity index (χ4v) is 1.06. The van der Waals surface area contributed by atoms with Gasteiger partial charge in [-0.2, -0.15) is 13.2 Å². The van der Waals surface area contributed by atoms with Gasteiger partial charge in [0.1, 0.15) is 6.04 Å². The molecule has 0 aliphatic heterocycles. The van der Waals surface area contributed by atoms with E-state index in [2.05, 4.69) is 14.8 Å². The summed E-state index contributed by atoms with van der Waals surface area (Å²) < 4.78 is 45.6. The molecule has 0 amide bonds. The van der Waals surface area contributed by atoms with Crippen LogP contribution in [-0.2, 0) is 14.3 Å². The second-order valence-electron chi connectivity index (χ2n) is 3.91. The summed E-state index contributed by atoms with van der Waals surface area (Å²) in [6, 6.07) is -0.964. The molecule has 2 atom stereocenters. The average Bonchev–Trinajstić information content (AvgIpc) is 2.20. The number of rotatable bonds is 6. The molecule has 0 heterocycles. The van der Waals surface area contributed by atoms with Crippen molar-refractivity contribution in [3.05, 3.63) is 0 Å². The van der Waals surface area contributed by atoms with Gasteiger partial charge in [0.05, 0.1) is 13.7 Å². The summed E-state index contributed by atoms with van der Waals surface area (Å²) in [5.74, 6) is -0.645. The fraction of sp³-hybridized carbons (Fsp3) is 0.900. The summed E-state index contributed by atoms with van der Waals surface area (Å²) in [6.45, 7) is 4.04. The van der Waals surface area contributed by atoms with Gasteiger partial charge in [0.2, 0.25) is 0 Å². The number of hydrogen-bond acceptors (Lipinski definition) is 4. The summed E-state index contributed by atoms with van der Waals surface area (Å²) in [7, 11) is 1.17. The monoisotopic (exact) mass is 257 g/mol. The van der Waals surface area contributed by atoms with Crippen LogP contribution in [0, 0.1) is 0 Å². The molecule has 0 rings (SSSR count). The van der Waals surface area contributed by atoms with E-state index in [1.54, 1.807) is 13.8 Å². The Bertz CT molecular complexity index is 243. The van der Waals surface area contributed by atoms with Crippen molar-refractivity contribution in [3.8, 4) is 0 Å². The number of alkyl halides is 3. The minimum Gasteiger partial charge on any atom is -0.468 e. The fourth-order valence-electron chi connectivity index (χ4n) is 1.06. The lowest BCUT2D eigenvalue weighted by Crippen LogP contribution is -2.46. The van der Waals surface area contributed by atoms with Crippen LogP contribution in [0.2, 0.25) is 0 Å². The molecule has 0 saturated carbocycles. The zero-order chi connectivity index (χ0) is 13.6. The zero-order valence-electron chi connectivity index (χ0n) is 10.3. The van der Waals surface area contributed by atoms with Crippen LogP contribution in [0.5, 0.6) is 0 Å². The zero-order valence-corrected chi connectivity index (χ0v) is 10.3. The Morgan fingerprint density at radius 2 is 1.82 bits per heavy atom. The predicted molar refractivity (Wildman–Crippen MR) is 55.5 cm³/mol. The van der Waals surface area contributed by atoms with Crippen molar-refractivity contribution in [1.29, 1.82) is 0 Å². The van der Waals surface area contributed by atoms with Crippen molar-refractivity contribution in [1.82, 2.24) is 5.32 Å². The lowest BCUT2D eigenvalue weighted by Gasteiger charge is -2.22. The third-order valence-electron chi connectivity index (χ3n) is 1.99. The summed E-state index contributed by atoms with van der Waals surface area (Å²) in [5, 5.41) is 2.77. The van der Waals surface area contributed by atoms with Gasteiger partial charge < -0.3 is 14.8 Å². The maximum atomic E-state index is 12.2. The minimum absolute atomic E-state index is 0.0658. The molecule has 0 bridgehead atoms. The highest BCUT2D eigenvalue weighted by molar-refractivity contribution is 5.75. The van der Waals surface area contributed by atoms with E-state index in [0.29, 0.717) is 0 Å². The highest BCUT2D eigenvalue weighted by Crippen LogP contribution is 2.22. The van der Waals surface area contributed by atoms with E-state index in [1.165, 1.54) is 7.11 Å². The first kappa shape index (κ1) is 16.2. The van der Waals surface area contributed by atoms with Gasteiger partial charge in [-0.25, -0.2) is 0 Å². The number of nitrogens with one attached hydrogen (secondary N) is 1. The molecule has 0 saturated heterocycles. The molecular weight excluding hydrogens is 239 g/mol. The summed E-state index contributed by atoms with van der Waals surface area (Å²) in [4.78, 5) is 11.3. The molecule has 4 nitrogen and oxygen atoms in total. The molecule has 17 heavy (non-hydrogen) atoms. The Kier molecular flexibility index (Phi) is 6.48. The lowest BCUT2D eigenvalue weighted by molar-refractivity contribution is -0.216. The van der Waals surface area contributed by atoms with Gasteiger partial charge in [0.15, 0.2) is 6.10 Å². The number of carbonyl (C=O) groups is 1. The van der Waals surface area contributed by atoms with Gasteiger partial charge in [-0.05, 0) is 6.92 Å². The first-order valence-electron chi connectivity index (χ1n) is 5.20. The van der Waals surface area contributed by atoms with Crippen LogP contribution in [0.1, 0.15) is 20.8 Å². The van der Waals surface area contributed by atoms with E-state index < -0.39 is 24.3 Å². The number of ether oxygens (including phenoxy) is 2. The largest absolute Gasteiger partial charge is 0.468 e. The number of methoxy groups -OCH3 is 1. The Morgan fingerprint density at radius 3 is 2.18 bits per heavy atom. The van der Waals surface area contributed by atoms with Gasteiger partial charge in [-0.15, -0.1) is 0 Å². The Labute approximate surface area is 98.5 Å². The molecule has 2 unspecified atom stereocenters.